The van der Waals surface area contributed by atoms with E-state index in [9.17, 15) is 9.59 Å². The van der Waals surface area contributed by atoms with Gasteiger partial charge in [0.25, 0.3) is 5.91 Å². The number of rotatable bonds is 4. The summed E-state index contributed by atoms with van der Waals surface area (Å²) in [7, 11) is 0. The molecule has 1 amide bonds. The Labute approximate surface area is 129 Å². The van der Waals surface area contributed by atoms with Crippen LogP contribution >= 0.6 is 23.7 Å². The zero-order chi connectivity index (χ0) is 14.0. The average Bonchev–Trinajstić information content (AvgIpc) is 2.97. The standard InChI is InChI=1S/C14H19NO3S.ClH/c1-3-4-10-7-12(19-9(10)2)13(16)15-6-5-11(8-15)14(17)18;/h7,11H,3-6,8H2,1-2H3,(H,17,18);1H. The molecule has 6 heteroatoms. The van der Waals surface area contributed by atoms with Gasteiger partial charge in [-0.1, -0.05) is 13.3 Å². The van der Waals surface area contributed by atoms with E-state index in [4.69, 9.17) is 5.11 Å². The highest BCUT2D eigenvalue weighted by molar-refractivity contribution is 7.14. The fourth-order valence-corrected chi connectivity index (χ4v) is 3.48. The van der Waals surface area contributed by atoms with Crippen LogP contribution in [-0.4, -0.2) is 35.0 Å². The lowest BCUT2D eigenvalue weighted by molar-refractivity contribution is -0.141. The van der Waals surface area contributed by atoms with Gasteiger partial charge < -0.3 is 10.0 Å². The molecule has 1 unspecified atom stereocenters. The van der Waals surface area contributed by atoms with Crippen LogP contribution in [0.3, 0.4) is 0 Å². The van der Waals surface area contributed by atoms with Gasteiger partial charge in [-0.2, -0.15) is 0 Å². The van der Waals surface area contributed by atoms with Gasteiger partial charge in [-0.15, -0.1) is 23.7 Å². The van der Waals surface area contributed by atoms with Gasteiger partial charge in [-0.3, -0.25) is 9.59 Å². The Morgan fingerprint density at radius 1 is 1.50 bits per heavy atom. The fourth-order valence-electron chi connectivity index (χ4n) is 2.44. The van der Waals surface area contributed by atoms with Crippen molar-refractivity contribution in [2.75, 3.05) is 13.1 Å². The highest BCUT2D eigenvalue weighted by Gasteiger charge is 2.31. The molecule has 1 atom stereocenters. The SMILES string of the molecule is CCCc1cc(C(=O)N2CCC(C(=O)O)C2)sc1C.Cl. The first-order valence-electron chi connectivity index (χ1n) is 6.64. The van der Waals surface area contributed by atoms with Crippen molar-refractivity contribution in [3.63, 3.8) is 0 Å². The summed E-state index contributed by atoms with van der Waals surface area (Å²) in [5.74, 6) is -1.22. The largest absolute Gasteiger partial charge is 0.481 e. The van der Waals surface area contributed by atoms with Crippen LogP contribution in [0.2, 0.25) is 0 Å². The van der Waals surface area contributed by atoms with Crippen LogP contribution in [-0.2, 0) is 11.2 Å². The maximum atomic E-state index is 12.3. The van der Waals surface area contributed by atoms with Gasteiger partial charge in [0.2, 0.25) is 0 Å². The molecule has 0 bridgehead atoms. The van der Waals surface area contributed by atoms with Crippen molar-refractivity contribution in [1.82, 2.24) is 4.90 Å². The zero-order valence-electron chi connectivity index (χ0n) is 11.7. The van der Waals surface area contributed by atoms with Crippen molar-refractivity contribution >= 4 is 35.6 Å². The number of thiophene rings is 1. The van der Waals surface area contributed by atoms with Crippen molar-refractivity contribution < 1.29 is 14.7 Å². The smallest absolute Gasteiger partial charge is 0.308 e. The minimum Gasteiger partial charge on any atom is -0.481 e. The van der Waals surface area contributed by atoms with Crippen LogP contribution in [0, 0.1) is 12.8 Å². The number of carboxylic acid groups (broad SMARTS) is 1. The molecule has 20 heavy (non-hydrogen) atoms. The van der Waals surface area contributed by atoms with Crippen molar-refractivity contribution in [3.05, 3.63) is 21.4 Å². The lowest BCUT2D eigenvalue weighted by Crippen LogP contribution is -2.29. The number of aliphatic carboxylic acids is 1. The van der Waals surface area contributed by atoms with E-state index in [1.54, 1.807) is 4.90 Å². The van der Waals surface area contributed by atoms with E-state index in [0.717, 1.165) is 17.7 Å². The highest BCUT2D eigenvalue weighted by Crippen LogP contribution is 2.26. The van der Waals surface area contributed by atoms with Crippen LogP contribution in [0.25, 0.3) is 0 Å². The number of amides is 1. The summed E-state index contributed by atoms with van der Waals surface area (Å²) < 4.78 is 0. The summed E-state index contributed by atoms with van der Waals surface area (Å²) in [6.45, 7) is 5.05. The third kappa shape index (κ3) is 3.52. The van der Waals surface area contributed by atoms with Crippen LogP contribution in [0.1, 0.15) is 39.9 Å². The van der Waals surface area contributed by atoms with E-state index in [1.807, 2.05) is 13.0 Å². The van der Waals surface area contributed by atoms with Gasteiger partial charge in [0.1, 0.15) is 0 Å². The Hall–Kier alpha value is -1.07. The quantitative estimate of drug-likeness (QED) is 0.928. The third-order valence-corrected chi connectivity index (χ3v) is 4.66. The molecule has 2 rings (SSSR count). The number of hydrogen-bond acceptors (Lipinski definition) is 3. The Balaban J connectivity index is 0.00000200. The van der Waals surface area contributed by atoms with Crippen LogP contribution in [0.4, 0.5) is 0 Å². The second kappa shape index (κ2) is 7.09. The molecule has 0 aliphatic carbocycles. The monoisotopic (exact) mass is 317 g/mol. The van der Waals surface area contributed by atoms with Gasteiger partial charge in [-0.25, -0.2) is 0 Å². The minimum absolute atomic E-state index is 0. The number of carbonyl (C=O) groups excluding carboxylic acids is 1. The summed E-state index contributed by atoms with van der Waals surface area (Å²) in [4.78, 5) is 26.8. The Morgan fingerprint density at radius 3 is 2.75 bits per heavy atom. The van der Waals surface area contributed by atoms with Crippen LogP contribution in [0.5, 0.6) is 0 Å². The van der Waals surface area contributed by atoms with Gasteiger partial charge in [-0.05, 0) is 31.4 Å². The minimum atomic E-state index is -0.802. The van der Waals surface area contributed by atoms with E-state index in [1.165, 1.54) is 21.8 Å². The number of nitrogens with zero attached hydrogens (tertiary/aromatic N) is 1. The third-order valence-electron chi connectivity index (χ3n) is 3.58. The summed E-state index contributed by atoms with van der Waals surface area (Å²) in [5, 5.41) is 8.97. The van der Waals surface area contributed by atoms with Crippen molar-refractivity contribution in [3.8, 4) is 0 Å². The summed E-state index contributed by atoms with van der Waals surface area (Å²) in [6.07, 6.45) is 2.62. The lowest BCUT2D eigenvalue weighted by atomic mass is 10.1. The van der Waals surface area contributed by atoms with E-state index >= 15 is 0 Å². The van der Waals surface area contributed by atoms with Gasteiger partial charge in [0, 0.05) is 18.0 Å². The predicted molar refractivity (Wildman–Crippen MR) is 81.9 cm³/mol. The number of likely N-dealkylation sites (tertiary alicyclic amines) is 1. The molecule has 112 valence electrons. The van der Waals surface area contributed by atoms with Gasteiger partial charge >= 0.3 is 5.97 Å². The topological polar surface area (TPSA) is 57.6 Å². The molecular weight excluding hydrogens is 298 g/mol. The molecule has 1 aliphatic rings. The molecular formula is C14H20ClNO3S. The molecule has 0 radical (unpaired) electrons. The molecule has 1 fully saturated rings. The number of aryl methyl sites for hydroxylation is 2. The average molecular weight is 318 g/mol. The normalized spacial score (nSPS) is 17.9. The molecule has 1 aliphatic heterocycles. The number of carbonyl (C=O) groups is 2. The van der Waals surface area contributed by atoms with Crippen molar-refractivity contribution in [2.24, 2.45) is 5.92 Å². The van der Waals surface area contributed by atoms with E-state index < -0.39 is 11.9 Å². The Kier molecular flexibility index (Phi) is 6.02. The molecule has 4 nitrogen and oxygen atoms in total. The molecule has 1 N–H and O–H groups in total. The van der Waals surface area contributed by atoms with Gasteiger partial charge in [0.15, 0.2) is 0 Å². The van der Waals surface area contributed by atoms with E-state index in [2.05, 4.69) is 6.92 Å². The van der Waals surface area contributed by atoms with Crippen molar-refractivity contribution in [2.45, 2.75) is 33.1 Å². The summed E-state index contributed by atoms with van der Waals surface area (Å²) in [5.41, 5.74) is 1.24. The first-order chi connectivity index (χ1) is 9.02. The molecule has 2 heterocycles. The number of halogens is 1. The lowest BCUT2D eigenvalue weighted by Gasteiger charge is -2.14. The second-order valence-corrected chi connectivity index (χ2v) is 6.27. The van der Waals surface area contributed by atoms with Crippen LogP contribution in [0.15, 0.2) is 6.07 Å². The highest BCUT2D eigenvalue weighted by atomic mass is 35.5. The maximum absolute atomic E-state index is 12.3. The molecule has 1 saturated heterocycles. The first kappa shape index (κ1) is 17.0. The molecule has 0 saturated carbocycles. The number of hydrogen-bond donors (Lipinski definition) is 1. The molecule has 0 aromatic carbocycles. The van der Waals surface area contributed by atoms with E-state index in [-0.39, 0.29) is 18.3 Å². The Morgan fingerprint density at radius 2 is 2.20 bits per heavy atom. The van der Waals surface area contributed by atoms with E-state index in [0.29, 0.717) is 19.5 Å². The first-order valence-corrected chi connectivity index (χ1v) is 7.46. The predicted octanol–water partition coefficient (Wildman–Crippen LogP) is 2.98. The maximum Gasteiger partial charge on any atom is 0.308 e. The number of carboxylic acids is 1. The Bertz CT molecular complexity index is 501. The van der Waals surface area contributed by atoms with Crippen molar-refractivity contribution in [1.29, 1.82) is 0 Å². The summed E-state index contributed by atoms with van der Waals surface area (Å²) >= 11 is 1.52. The molecule has 1 aromatic rings. The zero-order valence-corrected chi connectivity index (χ0v) is 13.4. The van der Waals surface area contributed by atoms with Gasteiger partial charge in [0.05, 0.1) is 10.8 Å². The van der Waals surface area contributed by atoms with Crippen LogP contribution < -0.4 is 0 Å². The summed E-state index contributed by atoms with van der Waals surface area (Å²) in [6, 6.07) is 1.97. The molecule has 0 spiro atoms. The second-order valence-electron chi connectivity index (χ2n) is 5.02. The molecule has 1 aromatic heterocycles. The fraction of sp³-hybridized carbons (Fsp3) is 0.571.